The zero-order valence-electron chi connectivity index (χ0n) is 11.4. The van der Waals surface area contributed by atoms with Crippen molar-refractivity contribution in [3.8, 4) is 0 Å². The normalized spacial score (nSPS) is 17.4. The summed E-state index contributed by atoms with van der Waals surface area (Å²) in [6.07, 6.45) is 0. The number of aliphatic imine (C=N–C) groups is 1. The van der Waals surface area contributed by atoms with Crippen molar-refractivity contribution in [1.29, 1.82) is 0 Å². The van der Waals surface area contributed by atoms with Gasteiger partial charge >= 0.3 is 0 Å². The summed E-state index contributed by atoms with van der Waals surface area (Å²) in [6, 6.07) is 20.9. The van der Waals surface area contributed by atoms with Gasteiger partial charge in [0, 0.05) is 11.3 Å². The average molecular weight is 250 g/mol. The molecule has 0 spiro atoms. The highest BCUT2D eigenvalue weighted by Gasteiger charge is 2.36. The second-order valence-electron chi connectivity index (χ2n) is 5.49. The zero-order chi connectivity index (χ0) is 13.3. The van der Waals surface area contributed by atoms with Crippen LogP contribution in [-0.4, -0.2) is 17.9 Å². The molecule has 96 valence electrons. The monoisotopic (exact) mass is 250 g/mol. The number of hydrogen-bond donors (Lipinski definition) is 0. The highest BCUT2D eigenvalue weighted by Crippen LogP contribution is 2.31. The van der Waals surface area contributed by atoms with Crippen molar-refractivity contribution in [2.45, 2.75) is 19.4 Å². The van der Waals surface area contributed by atoms with Gasteiger partial charge in [0.2, 0.25) is 0 Å². The van der Waals surface area contributed by atoms with Gasteiger partial charge in [0.15, 0.2) is 0 Å². The van der Waals surface area contributed by atoms with E-state index in [0.717, 1.165) is 12.4 Å². The summed E-state index contributed by atoms with van der Waals surface area (Å²) in [5.41, 5.74) is 2.40. The van der Waals surface area contributed by atoms with Crippen LogP contribution in [0.5, 0.6) is 0 Å². The molecule has 0 N–H and O–H groups in total. The number of hydrogen-bond acceptors (Lipinski definition) is 2. The molecule has 1 aliphatic rings. The molecule has 0 unspecified atom stereocenters. The van der Waals surface area contributed by atoms with E-state index in [1.165, 1.54) is 11.3 Å². The number of amidine groups is 1. The van der Waals surface area contributed by atoms with Crippen molar-refractivity contribution in [1.82, 2.24) is 0 Å². The minimum atomic E-state index is 0.0204. The molecule has 0 aliphatic carbocycles. The van der Waals surface area contributed by atoms with Gasteiger partial charge in [-0.1, -0.05) is 48.5 Å². The van der Waals surface area contributed by atoms with Gasteiger partial charge in [-0.25, -0.2) is 0 Å². The second kappa shape index (κ2) is 4.54. The Kier molecular flexibility index (Phi) is 2.86. The number of rotatable bonds is 2. The Morgan fingerprint density at radius 1 is 0.895 bits per heavy atom. The highest BCUT2D eigenvalue weighted by atomic mass is 15.3. The summed E-state index contributed by atoms with van der Waals surface area (Å²) in [5.74, 6) is 1.07. The predicted molar refractivity (Wildman–Crippen MR) is 80.8 cm³/mol. The van der Waals surface area contributed by atoms with Gasteiger partial charge in [-0.05, 0) is 26.0 Å². The van der Waals surface area contributed by atoms with Crippen molar-refractivity contribution < 1.29 is 0 Å². The Hall–Kier alpha value is -2.09. The van der Waals surface area contributed by atoms with Crippen molar-refractivity contribution in [2.24, 2.45) is 4.99 Å². The summed E-state index contributed by atoms with van der Waals surface area (Å²) in [5, 5.41) is 0. The molecule has 0 saturated heterocycles. The summed E-state index contributed by atoms with van der Waals surface area (Å²) in [4.78, 5) is 7.09. The lowest BCUT2D eigenvalue weighted by molar-refractivity contribution is 0.558. The standard InChI is InChI=1S/C17H18N2/c1-17(2)13-18-16(14-9-5-3-6-10-14)19(17)15-11-7-4-8-12-15/h3-12H,13H2,1-2H3. The highest BCUT2D eigenvalue weighted by molar-refractivity contribution is 6.12. The molecule has 0 saturated carbocycles. The van der Waals surface area contributed by atoms with E-state index in [0.29, 0.717) is 0 Å². The first-order valence-electron chi connectivity index (χ1n) is 6.64. The molecule has 0 bridgehead atoms. The molecule has 0 fully saturated rings. The third-order valence-corrected chi connectivity index (χ3v) is 3.48. The van der Waals surface area contributed by atoms with Crippen LogP contribution in [0.4, 0.5) is 5.69 Å². The van der Waals surface area contributed by atoms with Gasteiger partial charge in [0.05, 0.1) is 12.1 Å². The third kappa shape index (κ3) is 2.14. The minimum absolute atomic E-state index is 0.0204. The van der Waals surface area contributed by atoms with Crippen LogP contribution in [0.2, 0.25) is 0 Å². The second-order valence-corrected chi connectivity index (χ2v) is 5.49. The maximum absolute atomic E-state index is 4.76. The number of anilines is 1. The minimum Gasteiger partial charge on any atom is -0.319 e. The fraction of sp³-hybridized carbons (Fsp3) is 0.235. The fourth-order valence-electron chi connectivity index (χ4n) is 2.55. The molecule has 3 rings (SSSR count). The molecule has 2 nitrogen and oxygen atoms in total. The third-order valence-electron chi connectivity index (χ3n) is 3.48. The van der Waals surface area contributed by atoms with Crippen LogP contribution in [0.1, 0.15) is 19.4 Å². The summed E-state index contributed by atoms with van der Waals surface area (Å²) in [7, 11) is 0. The Balaban J connectivity index is 2.06. The summed E-state index contributed by atoms with van der Waals surface area (Å²) >= 11 is 0. The van der Waals surface area contributed by atoms with E-state index in [2.05, 4.69) is 67.3 Å². The molecular weight excluding hydrogens is 232 g/mol. The van der Waals surface area contributed by atoms with Crippen molar-refractivity contribution in [3.05, 3.63) is 66.2 Å². The molecule has 2 heteroatoms. The van der Waals surface area contributed by atoms with Crippen LogP contribution in [0, 0.1) is 0 Å². The molecule has 2 aromatic carbocycles. The lowest BCUT2D eigenvalue weighted by Gasteiger charge is -2.34. The molecule has 0 amide bonds. The fourth-order valence-corrected chi connectivity index (χ4v) is 2.55. The van der Waals surface area contributed by atoms with E-state index in [9.17, 15) is 0 Å². The molecule has 19 heavy (non-hydrogen) atoms. The van der Waals surface area contributed by atoms with Gasteiger partial charge in [-0.3, -0.25) is 4.99 Å². The Labute approximate surface area is 114 Å². The zero-order valence-corrected chi connectivity index (χ0v) is 11.4. The Bertz CT molecular complexity index is 585. The molecule has 1 aliphatic heterocycles. The van der Waals surface area contributed by atoms with E-state index < -0.39 is 0 Å². The van der Waals surface area contributed by atoms with Gasteiger partial charge < -0.3 is 4.90 Å². The van der Waals surface area contributed by atoms with Crippen LogP contribution in [-0.2, 0) is 0 Å². The van der Waals surface area contributed by atoms with Crippen LogP contribution in [0.3, 0.4) is 0 Å². The summed E-state index contributed by atoms with van der Waals surface area (Å²) < 4.78 is 0. The van der Waals surface area contributed by atoms with E-state index in [-0.39, 0.29) is 5.54 Å². The lowest BCUT2D eigenvalue weighted by Crippen LogP contribution is -2.45. The van der Waals surface area contributed by atoms with Crippen molar-refractivity contribution in [3.63, 3.8) is 0 Å². The predicted octanol–water partition coefficient (Wildman–Crippen LogP) is 3.73. The van der Waals surface area contributed by atoms with Crippen molar-refractivity contribution >= 4 is 11.5 Å². The van der Waals surface area contributed by atoms with Crippen LogP contribution in [0.25, 0.3) is 0 Å². The van der Waals surface area contributed by atoms with Crippen LogP contribution >= 0.6 is 0 Å². The lowest BCUT2D eigenvalue weighted by atomic mass is 10.0. The number of benzene rings is 2. The Morgan fingerprint density at radius 3 is 2.11 bits per heavy atom. The van der Waals surface area contributed by atoms with Gasteiger partial charge in [-0.15, -0.1) is 0 Å². The topological polar surface area (TPSA) is 15.6 Å². The molecule has 2 aromatic rings. The van der Waals surface area contributed by atoms with E-state index in [1.54, 1.807) is 0 Å². The van der Waals surface area contributed by atoms with Crippen LogP contribution in [0.15, 0.2) is 65.7 Å². The number of nitrogens with zero attached hydrogens (tertiary/aromatic N) is 2. The molecular formula is C17H18N2. The van der Waals surface area contributed by atoms with Crippen molar-refractivity contribution in [2.75, 3.05) is 11.4 Å². The van der Waals surface area contributed by atoms with Gasteiger partial charge in [0.25, 0.3) is 0 Å². The first-order chi connectivity index (χ1) is 9.18. The van der Waals surface area contributed by atoms with E-state index >= 15 is 0 Å². The largest absolute Gasteiger partial charge is 0.319 e. The van der Waals surface area contributed by atoms with Crippen LogP contribution < -0.4 is 4.90 Å². The molecule has 1 heterocycles. The SMILES string of the molecule is CC1(C)CN=C(c2ccccc2)N1c1ccccc1. The number of para-hydroxylation sites is 1. The maximum Gasteiger partial charge on any atom is 0.136 e. The quantitative estimate of drug-likeness (QED) is 0.793. The van der Waals surface area contributed by atoms with E-state index in [1.807, 2.05) is 12.1 Å². The molecule has 0 aromatic heterocycles. The maximum atomic E-state index is 4.76. The molecule has 0 radical (unpaired) electrons. The first kappa shape index (κ1) is 12.0. The van der Waals surface area contributed by atoms with E-state index in [4.69, 9.17) is 4.99 Å². The Morgan fingerprint density at radius 2 is 1.47 bits per heavy atom. The molecule has 0 atom stereocenters. The van der Waals surface area contributed by atoms with Gasteiger partial charge in [-0.2, -0.15) is 0 Å². The summed E-state index contributed by atoms with van der Waals surface area (Å²) in [6.45, 7) is 5.30. The first-order valence-corrected chi connectivity index (χ1v) is 6.64. The average Bonchev–Trinajstić information content (AvgIpc) is 2.76. The smallest absolute Gasteiger partial charge is 0.136 e. The van der Waals surface area contributed by atoms with Gasteiger partial charge in [0.1, 0.15) is 5.84 Å².